The summed E-state index contributed by atoms with van der Waals surface area (Å²) < 4.78 is 0. The van der Waals surface area contributed by atoms with Gasteiger partial charge in [0.05, 0.1) is 6.10 Å². The molecule has 1 aromatic rings. The first-order valence-corrected chi connectivity index (χ1v) is 6.23. The smallest absolute Gasteiger partial charge is 0.0552 e. The normalized spacial score (nSPS) is 37.6. The molecule has 16 heavy (non-hydrogen) atoms. The van der Waals surface area contributed by atoms with E-state index >= 15 is 0 Å². The molecule has 2 aliphatic rings. The number of halogens is 1. The standard InChI is InChI=1S/C13H16ClNO/c14-11-3-1-9(2-4-11)13-6-12(16)5-10(13)7-15-8-13/h1-4,10,12,15-16H,5-8H2. The van der Waals surface area contributed by atoms with E-state index in [4.69, 9.17) is 11.6 Å². The van der Waals surface area contributed by atoms with Crippen molar-refractivity contribution in [3.8, 4) is 0 Å². The Hall–Kier alpha value is -0.570. The van der Waals surface area contributed by atoms with Gasteiger partial charge in [-0.05, 0) is 43.0 Å². The number of fused-ring (bicyclic) bond motifs is 1. The van der Waals surface area contributed by atoms with E-state index in [1.165, 1.54) is 5.56 Å². The van der Waals surface area contributed by atoms with Crippen LogP contribution in [-0.4, -0.2) is 24.3 Å². The molecular weight excluding hydrogens is 222 g/mol. The Morgan fingerprint density at radius 3 is 2.81 bits per heavy atom. The first-order chi connectivity index (χ1) is 7.71. The van der Waals surface area contributed by atoms with Crippen LogP contribution < -0.4 is 5.32 Å². The summed E-state index contributed by atoms with van der Waals surface area (Å²) in [5, 5.41) is 14.1. The molecule has 0 amide bonds. The summed E-state index contributed by atoms with van der Waals surface area (Å²) in [5.41, 5.74) is 1.47. The average Bonchev–Trinajstić information content (AvgIpc) is 2.75. The predicted molar refractivity (Wildman–Crippen MR) is 64.7 cm³/mol. The highest BCUT2D eigenvalue weighted by Crippen LogP contribution is 2.47. The van der Waals surface area contributed by atoms with E-state index in [9.17, 15) is 5.11 Å². The van der Waals surface area contributed by atoms with Crippen LogP contribution in [0.2, 0.25) is 5.02 Å². The largest absolute Gasteiger partial charge is 0.393 e. The molecule has 86 valence electrons. The highest BCUT2D eigenvalue weighted by molar-refractivity contribution is 6.30. The van der Waals surface area contributed by atoms with Crippen molar-refractivity contribution in [3.63, 3.8) is 0 Å². The number of aliphatic hydroxyl groups is 1. The number of hydrogen-bond donors (Lipinski definition) is 2. The number of rotatable bonds is 1. The molecule has 1 aliphatic carbocycles. The zero-order valence-corrected chi connectivity index (χ0v) is 9.87. The van der Waals surface area contributed by atoms with Crippen molar-refractivity contribution in [1.82, 2.24) is 5.32 Å². The molecule has 1 aromatic carbocycles. The highest BCUT2D eigenvalue weighted by atomic mass is 35.5. The second-order valence-electron chi connectivity index (χ2n) is 5.08. The average molecular weight is 238 g/mol. The Morgan fingerprint density at radius 1 is 1.31 bits per heavy atom. The van der Waals surface area contributed by atoms with Gasteiger partial charge in [-0.2, -0.15) is 0 Å². The van der Waals surface area contributed by atoms with Crippen molar-refractivity contribution in [2.45, 2.75) is 24.4 Å². The number of hydrogen-bond acceptors (Lipinski definition) is 2. The van der Waals surface area contributed by atoms with Crippen molar-refractivity contribution in [3.05, 3.63) is 34.9 Å². The summed E-state index contributed by atoms with van der Waals surface area (Å²) in [6.45, 7) is 2.01. The van der Waals surface area contributed by atoms with Crippen molar-refractivity contribution >= 4 is 11.6 Å². The van der Waals surface area contributed by atoms with Crippen molar-refractivity contribution < 1.29 is 5.11 Å². The minimum absolute atomic E-state index is 0.136. The highest BCUT2D eigenvalue weighted by Gasteiger charge is 2.50. The van der Waals surface area contributed by atoms with Crippen molar-refractivity contribution in [2.24, 2.45) is 5.92 Å². The first-order valence-electron chi connectivity index (χ1n) is 5.85. The molecule has 3 atom stereocenters. The molecule has 3 rings (SSSR count). The van der Waals surface area contributed by atoms with Crippen LogP contribution in [0.15, 0.2) is 24.3 Å². The van der Waals surface area contributed by atoms with E-state index in [0.717, 1.165) is 31.0 Å². The predicted octanol–water partition coefficient (Wildman–Crippen LogP) is 1.95. The third-order valence-electron chi connectivity index (χ3n) is 4.19. The van der Waals surface area contributed by atoms with Crippen molar-refractivity contribution in [2.75, 3.05) is 13.1 Å². The molecule has 2 N–H and O–H groups in total. The zero-order valence-electron chi connectivity index (χ0n) is 9.12. The van der Waals surface area contributed by atoms with Crippen LogP contribution in [0.4, 0.5) is 0 Å². The lowest BCUT2D eigenvalue weighted by Crippen LogP contribution is -2.31. The maximum Gasteiger partial charge on any atom is 0.0552 e. The molecule has 1 saturated heterocycles. The van der Waals surface area contributed by atoms with Crippen LogP contribution in [0.25, 0.3) is 0 Å². The lowest BCUT2D eigenvalue weighted by atomic mass is 9.74. The van der Waals surface area contributed by atoms with Crippen molar-refractivity contribution in [1.29, 1.82) is 0 Å². The van der Waals surface area contributed by atoms with Gasteiger partial charge in [-0.1, -0.05) is 23.7 Å². The van der Waals surface area contributed by atoms with E-state index < -0.39 is 0 Å². The van der Waals surface area contributed by atoms with Gasteiger partial charge in [0.1, 0.15) is 0 Å². The van der Waals surface area contributed by atoms with E-state index in [1.54, 1.807) is 0 Å². The number of benzene rings is 1. The fourth-order valence-electron chi connectivity index (χ4n) is 3.43. The summed E-state index contributed by atoms with van der Waals surface area (Å²) in [6, 6.07) is 8.12. The topological polar surface area (TPSA) is 32.3 Å². The Morgan fingerprint density at radius 2 is 2.06 bits per heavy atom. The molecule has 0 bridgehead atoms. The van der Waals surface area contributed by atoms with Gasteiger partial charge in [-0.15, -0.1) is 0 Å². The summed E-state index contributed by atoms with van der Waals surface area (Å²) in [5.74, 6) is 0.573. The molecule has 0 spiro atoms. The summed E-state index contributed by atoms with van der Waals surface area (Å²) >= 11 is 5.92. The molecule has 1 aliphatic heterocycles. The van der Waals surface area contributed by atoms with Gasteiger partial charge in [0.15, 0.2) is 0 Å². The van der Waals surface area contributed by atoms with E-state index in [1.807, 2.05) is 12.1 Å². The summed E-state index contributed by atoms with van der Waals surface area (Å²) in [4.78, 5) is 0. The lowest BCUT2D eigenvalue weighted by Gasteiger charge is -2.29. The molecule has 2 fully saturated rings. The van der Waals surface area contributed by atoms with Gasteiger partial charge in [0.2, 0.25) is 0 Å². The molecule has 3 unspecified atom stereocenters. The number of aliphatic hydroxyl groups excluding tert-OH is 1. The van der Waals surface area contributed by atoms with Gasteiger partial charge in [-0.25, -0.2) is 0 Å². The second-order valence-corrected chi connectivity index (χ2v) is 5.52. The van der Waals surface area contributed by atoms with Crippen LogP contribution >= 0.6 is 11.6 Å². The maximum absolute atomic E-state index is 9.86. The molecule has 0 aromatic heterocycles. The summed E-state index contributed by atoms with van der Waals surface area (Å²) in [7, 11) is 0. The molecule has 0 radical (unpaired) electrons. The molecular formula is C13H16ClNO. The third kappa shape index (κ3) is 1.48. The van der Waals surface area contributed by atoms with Gasteiger partial charge >= 0.3 is 0 Å². The Balaban J connectivity index is 2.00. The van der Waals surface area contributed by atoms with Crippen LogP contribution in [-0.2, 0) is 5.41 Å². The van der Waals surface area contributed by atoms with Gasteiger partial charge in [-0.3, -0.25) is 0 Å². The zero-order chi connectivity index (χ0) is 11.2. The van der Waals surface area contributed by atoms with E-state index in [-0.39, 0.29) is 11.5 Å². The SMILES string of the molecule is OC1CC2CNCC2(c2ccc(Cl)cc2)C1. The Labute approximate surface area is 101 Å². The summed E-state index contributed by atoms with van der Waals surface area (Å²) in [6.07, 6.45) is 1.67. The van der Waals surface area contributed by atoms with Gasteiger partial charge in [0.25, 0.3) is 0 Å². The molecule has 3 heteroatoms. The van der Waals surface area contributed by atoms with E-state index in [0.29, 0.717) is 5.92 Å². The van der Waals surface area contributed by atoms with Crippen LogP contribution in [0, 0.1) is 5.92 Å². The van der Waals surface area contributed by atoms with E-state index in [2.05, 4.69) is 17.4 Å². The van der Waals surface area contributed by atoms with Crippen LogP contribution in [0.3, 0.4) is 0 Å². The molecule has 1 heterocycles. The lowest BCUT2D eigenvalue weighted by molar-refractivity contribution is 0.170. The molecule has 1 saturated carbocycles. The second kappa shape index (κ2) is 3.73. The Bertz CT molecular complexity index is 391. The first kappa shape index (κ1) is 10.6. The van der Waals surface area contributed by atoms with Crippen LogP contribution in [0.5, 0.6) is 0 Å². The molecule has 2 nitrogen and oxygen atoms in total. The quantitative estimate of drug-likeness (QED) is 0.783. The number of nitrogens with one attached hydrogen (secondary N) is 1. The maximum atomic E-state index is 9.86. The third-order valence-corrected chi connectivity index (χ3v) is 4.44. The van der Waals surface area contributed by atoms with Gasteiger partial charge in [0, 0.05) is 17.0 Å². The Kier molecular flexibility index (Phi) is 2.46. The van der Waals surface area contributed by atoms with Gasteiger partial charge < -0.3 is 10.4 Å². The van der Waals surface area contributed by atoms with Crippen LogP contribution in [0.1, 0.15) is 18.4 Å². The minimum atomic E-state index is -0.136. The monoisotopic (exact) mass is 237 g/mol. The minimum Gasteiger partial charge on any atom is -0.393 e. The fourth-order valence-corrected chi connectivity index (χ4v) is 3.55. The fraction of sp³-hybridized carbons (Fsp3) is 0.538.